The molecule has 0 unspecified atom stereocenters. The first-order valence-corrected chi connectivity index (χ1v) is 8.82. The quantitative estimate of drug-likeness (QED) is 0.655. The van der Waals surface area contributed by atoms with Crippen LogP contribution in [-0.2, 0) is 16.1 Å². The standard InChI is InChI=1S/C22H20ClNO2/c23-20-14-8-7-13-19(20)15-26-16-21(25)24-22(17-9-3-1-4-10-17)18-11-5-2-6-12-18/h1-14,22H,15-16H2,(H,24,25). The van der Waals surface area contributed by atoms with Gasteiger partial charge in [-0.15, -0.1) is 0 Å². The van der Waals surface area contributed by atoms with E-state index < -0.39 is 0 Å². The molecule has 1 N–H and O–H groups in total. The van der Waals surface area contributed by atoms with Gasteiger partial charge >= 0.3 is 0 Å². The van der Waals surface area contributed by atoms with Crippen molar-refractivity contribution in [2.24, 2.45) is 0 Å². The van der Waals surface area contributed by atoms with Crippen LogP contribution in [0.15, 0.2) is 84.9 Å². The molecule has 0 aromatic heterocycles. The largest absolute Gasteiger partial charge is 0.367 e. The van der Waals surface area contributed by atoms with E-state index in [2.05, 4.69) is 5.32 Å². The molecule has 0 spiro atoms. The summed E-state index contributed by atoms with van der Waals surface area (Å²) in [6, 6.07) is 27.0. The van der Waals surface area contributed by atoms with Crippen molar-refractivity contribution in [3.8, 4) is 0 Å². The SMILES string of the molecule is O=C(COCc1ccccc1Cl)NC(c1ccccc1)c1ccccc1. The topological polar surface area (TPSA) is 38.3 Å². The minimum absolute atomic E-state index is 0.0264. The number of amides is 1. The van der Waals surface area contributed by atoms with Gasteiger partial charge in [0.1, 0.15) is 6.61 Å². The summed E-state index contributed by atoms with van der Waals surface area (Å²) >= 11 is 6.10. The summed E-state index contributed by atoms with van der Waals surface area (Å²) in [6.07, 6.45) is 0. The predicted molar refractivity (Wildman–Crippen MR) is 104 cm³/mol. The van der Waals surface area contributed by atoms with Crippen molar-refractivity contribution in [1.82, 2.24) is 5.32 Å². The molecule has 4 heteroatoms. The van der Waals surface area contributed by atoms with Crippen molar-refractivity contribution in [1.29, 1.82) is 0 Å². The smallest absolute Gasteiger partial charge is 0.246 e. The fourth-order valence-corrected chi connectivity index (χ4v) is 2.91. The fourth-order valence-electron chi connectivity index (χ4n) is 2.72. The fraction of sp³-hybridized carbons (Fsp3) is 0.136. The molecule has 3 aromatic carbocycles. The maximum Gasteiger partial charge on any atom is 0.246 e. The van der Waals surface area contributed by atoms with Crippen LogP contribution in [-0.4, -0.2) is 12.5 Å². The second-order valence-electron chi connectivity index (χ2n) is 5.91. The first-order chi connectivity index (χ1) is 12.7. The molecule has 0 heterocycles. The van der Waals surface area contributed by atoms with Gasteiger partial charge < -0.3 is 10.1 Å². The monoisotopic (exact) mass is 365 g/mol. The molecule has 0 bridgehead atoms. The summed E-state index contributed by atoms with van der Waals surface area (Å²) in [7, 11) is 0. The highest BCUT2D eigenvalue weighted by molar-refractivity contribution is 6.31. The van der Waals surface area contributed by atoms with Crippen molar-refractivity contribution in [2.45, 2.75) is 12.6 Å². The van der Waals surface area contributed by atoms with E-state index in [-0.39, 0.29) is 18.6 Å². The zero-order chi connectivity index (χ0) is 18.2. The van der Waals surface area contributed by atoms with Gasteiger partial charge in [0.15, 0.2) is 0 Å². The van der Waals surface area contributed by atoms with Crippen molar-refractivity contribution >= 4 is 17.5 Å². The number of carbonyl (C=O) groups is 1. The van der Waals surface area contributed by atoms with Gasteiger partial charge in [-0.3, -0.25) is 4.79 Å². The molecule has 0 saturated carbocycles. The first kappa shape index (κ1) is 18.2. The third kappa shape index (κ3) is 4.94. The molecule has 3 aromatic rings. The van der Waals surface area contributed by atoms with E-state index in [9.17, 15) is 4.79 Å². The van der Waals surface area contributed by atoms with Crippen LogP contribution >= 0.6 is 11.6 Å². The van der Waals surface area contributed by atoms with Crippen molar-refractivity contribution in [2.75, 3.05) is 6.61 Å². The van der Waals surface area contributed by atoms with Gasteiger partial charge in [-0.2, -0.15) is 0 Å². The lowest BCUT2D eigenvalue weighted by atomic mass is 9.99. The van der Waals surface area contributed by atoms with Crippen LogP contribution in [0.3, 0.4) is 0 Å². The second kappa shape index (κ2) is 9.18. The third-order valence-electron chi connectivity index (χ3n) is 4.02. The highest BCUT2D eigenvalue weighted by atomic mass is 35.5. The summed E-state index contributed by atoms with van der Waals surface area (Å²) in [6.45, 7) is 0.274. The van der Waals surface area contributed by atoms with Gasteiger partial charge in [0.25, 0.3) is 0 Å². The van der Waals surface area contributed by atoms with E-state index in [1.54, 1.807) is 6.07 Å². The van der Waals surface area contributed by atoms with Crippen molar-refractivity contribution in [3.63, 3.8) is 0 Å². The summed E-state index contributed by atoms with van der Waals surface area (Å²) in [5.74, 6) is -0.172. The van der Waals surface area contributed by atoms with E-state index in [0.717, 1.165) is 16.7 Å². The minimum atomic E-state index is -0.214. The van der Waals surface area contributed by atoms with Gasteiger partial charge in [0.05, 0.1) is 12.6 Å². The number of rotatable bonds is 7. The Morgan fingerprint density at radius 2 is 1.38 bits per heavy atom. The Balaban J connectivity index is 1.63. The van der Waals surface area contributed by atoms with Gasteiger partial charge in [0.2, 0.25) is 5.91 Å². The molecule has 3 rings (SSSR count). The van der Waals surface area contributed by atoms with Crippen LogP contribution in [0.5, 0.6) is 0 Å². The second-order valence-corrected chi connectivity index (χ2v) is 6.31. The third-order valence-corrected chi connectivity index (χ3v) is 4.39. The zero-order valence-electron chi connectivity index (χ0n) is 14.3. The lowest BCUT2D eigenvalue weighted by molar-refractivity contribution is -0.126. The Labute approximate surface area is 158 Å². The number of benzene rings is 3. The molecule has 0 atom stereocenters. The van der Waals surface area contributed by atoms with E-state index in [1.165, 1.54) is 0 Å². The summed E-state index contributed by atoms with van der Waals surface area (Å²) < 4.78 is 5.54. The average Bonchev–Trinajstić information content (AvgIpc) is 2.69. The number of carbonyl (C=O) groups excluding carboxylic acids is 1. The Hall–Kier alpha value is -2.62. The van der Waals surface area contributed by atoms with Crippen LogP contribution in [0.4, 0.5) is 0 Å². The molecule has 0 aliphatic carbocycles. The molecule has 26 heavy (non-hydrogen) atoms. The van der Waals surface area contributed by atoms with E-state index >= 15 is 0 Å². The average molecular weight is 366 g/mol. The maximum atomic E-state index is 12.4. The van der Waals surface area contributed by atoms with Crippen LogP contribution in [0.1, 0.15) is 22.7 Å². The number of nitrogens with one attached hydrogen (secondary N) is 1. The maximum absolute atomic E-state index is 12.4. The molecule has 0 radical (unpaired) electrons. The summed E-state index contributed by atoms with van der Waals surface area (Å²) in [5.41, 5.74) is 2.92. The predicted octanol–water partition coefficient (Wildman–Crippen LogP) is 4.76. The van der Waals surface area contributed by atoms with Gasteiger partial charge in [0, 0.05) is 5.02 Å². The summed E-state index contributed by atoms with van der Waals surface area (Å²) in [5, 5.41) is 3.69. The zero-order valence-corrected chi connectivity index (χ0v) is 15.0. The Morgan fingerprint density at radius 1 is 0.846 bits per heavy atom. The Kier molecular flexibility index (Phi) is 6.42. The highest BCUT2D eigenvalue weighted by Gasteiger charge is 2.16. The number of ether oxygens (including phenoxy) is 1. The molecule has 0 aliphatic rings. The Bertz CT molecular complexity index is 798. The van der Waals surface area contributed by atoms with Crippen LogP contribution < -0.4 is 5.32 Å². The van der Waals surface area contributed by atoms with Gasteiger partial charge in [-0.1, -0.05) is 90.5 Å². The molecular formula is C22H20ClNO2. The van der Waals surface area contributed by atoms with E-state index in [1.807, 2.05) is 78.9 Å². The molecular weight excluding hydrogens is 346 g/mol. The number of hydrogen-bond donors (Lipinski definition) is 1. The molecule has 0 fully saturated rings. The molecule has 1 amide bonds. The van der Waals surface area contributed by atoms with E-state index in [0.29, 0.717) is 11.6 Å². The highest BCUT2D eigenvalue weighted by Crippen LogP contribution is 2.21. The minimum Gasteiger partial charge on any atom is -0.367 e. The van der Waals surface area contributed by atoms with Crippen LogP contribution in [0, 0.1) is 0 Å². The molecule has 0 saturated heterocycles. The lowest BCUT2D eigenvalue weighted by Gasteiger charge is -2.20. The molecule has 0 aliphatic heterocycles. The van der Waals surface area contributed by atoms with Crippen molar-refractivity contribution < 1.29 is 9.53 Å². The van der Waals surface area contributed by atoms with E-state index in [4.69, 9.17) is 16.3 Å². The molecule has 132 valence electrons. The first-order valence-electron chi connectivity index (χ1n) is 8.44. The number of halogens is 1. The van der Waals surface area contributed by atoms with Gasteiger partial charge in [-0.25, -0.2) is 0 Å². The summed E-state index contributed by atoms with van der Waals surface area (Å²) in [4.78, 5) is 12.4. The number of hydrogen-bond acceptors (Lipinski definition) is 2. The lowest BCUT2D eigenvalue weighted by Crippen LogP contribution is -2.32. The van der Waals surface area contributed by atoms with Crippen LogP contribution in [0.25, 0.3) is 0 Å². The van der Waals surface area contributed by atoms with Gasteiger partial charge in [-0.05, 0) is 22.8 Å². The Morgan fingerprint density at radius 3 is 1.96 bits per heavy atom. The van der Waals surface area contributed by atoms with Crippen molar-refractivity contribution in [3.05, 3.63) is 107 Å². The van der Waals surface area contributed by atoms with Crippen LogP contribution in [0.2, 0.25) is 5.02 Å². The normalized spacial score (nSPS) is 10.7. The molecule has 3 nitrogen and oxygen atoms in total.